The SMILES string of the molecule is CC(=O)c1ccccc1C(=O)c1ccc(C(C)(C)C)cc1. The summed E-state index contributed by atoms with van der Waals surface area (Å²) in [6.45, 7) is 7.88. The summed E-state index contributed by atoms with van der Waals surface area (Å²) < 4.78 is 0. The third-order valence-corrected chi connectivity index (χ3v) is 3.56. The molecule has 0 heterocycles. The summed E-state index contributed by atoms with van der Waals surface area (Å²) in [7, 11) is 0. The van der Waals surface area contributed by atoms with Crippen molar-refractivity contribution in [3.63, 3.8) is 0 Å². The van der Waals surface area contributed by atoms with Gasteiger partial charge in [0.2, 0.25) is 0 Å². The smallest absolute Gasteiger partial charge is 0.193 e. The monoisotopic (exact) mass is 280 g/mol. The quantitative estimate of drug-likeness (QED) is 0.780. The summed E-state index contributed by atoms with van der Waals surface area (Å²) >= 11 is 0. The van der Waals surface area contributed by atoms with E-state index in [1.807, 2.05) is 24.3 Å². The minimum atomic E-state index is -0.110. The van der Waals surface area contributed by atoms with Crippen LogP contribution in [0.4, 0.5) is 0 Å². The first kappa shape index (κ1) is 15.2. The van der Waals surface area contributed by atoms with Crippen LogP contribution in [0.5, 0.6) is 0 Å². The van der Waals surface area contributed by atoms with Gasteiger partial charge in [-0.1, -0.05) is 69.3 Å². The molecule has 0 bridgehead atoms. The van der Waals surface area contributed by atoms with E-state index in [0.29, 0.717) is 16.7 Å². The number of benzene rings is 2. The van der Waals surface area contributed by atoms with Gasteiger partial charge in [-0.05, 0) is 17.9 Å². The van der Waals surface area contributed by atoms with E-state index in [9.17, 15) is 9.59 Å². The van der Waals surface area contributed by atoms with Gasteiger partial charge in [0, 0.05) is 16.7 Å². The van der Waals surface area contributed by atoms with Gasteiger partial charge >= 0.3 is 0 Å². The number of hydrogen-bond donors (Lipinski definition) is 0. The van der Waals surface area contributed by atoms with E-state index in [-0.39, 0.29) is 17.0 Å². The molecule has 0 aromatic heterocycles. The Kier molecular flexibility index (Phi) is 4.08. The zero-order chi connectivity index (χ0) is 15.6. The molecule has 0 saturated heterocycles. The summed E-state index contributed by atoms with van der Waals surface area (Å²) in [5.41, 5.74) is 2.78. The Morgan fingerprint density at radius 1 is 0.810 bits per heavy atom. The molecule has 0 aliphatic heterocycles. The van der Waals surface area contributed by atoms with E-state index in [1.165, 1.54) is 12.5 Å². The summed E-state index contributed by atoms with van der Waals surface area (Å²) in [6, 6.07) is 14.6. The molecule has 21 heavy (non-hydrogen) atoms. The number of Topliss-reactive ketones (excluding diaryl/α,β-unsaturated/α-hetero) is 1. The van der Waals surface area contributed by atoms with E-state index in [4.69, 9.17) is 0 Å². The molecule has 2 nitrogen and oxygen atoms in total. The number of ketones is 2. The molecule has 2 rings (SSSR count). The highest BCUT2D eigenvalue weighted by Crippen LogP contribution is 2.23. The Labute approximate surface area is 125 Å². The lowest BCUT2D eigenvalue weighted by atomic mass is 9.86. The molecule has 0 aliphatic carbocycles. The number of rotatable bonds is 3. The predicted octanol–water partition coefficient (Wildman–Crippen LogP) is 4.42. The Morgan fingerprint density at radius 2 is 1.33 bits per heavy atom. The Morgan fingerprint density at radius 3 is 1.81 bits per heavy atom. The van der Waals surface area contributed by atoms with Gasteiger partial charge in [0.05, 0.1) is 0 Å². The molecular formula is C19H20O2. The normalized spacial score (nSPS) is 11.2. The first-order valence-electron chi connectivity index (χ1n) is 7.06. The molecule has 0 spiro atoms. The molecule has 0 amide bonds. The molecule has 0 N–H and O–H groups in total. The highest BCUT2D eigenvalue weighted by Gasteiger charge is 2.17. The van der Waals surface area contributed by atoms with Crippen LogP contribution < -0.4 is 0 Å². The Hall–Kier alpha value is -2.22. The third-order valence-electron chi connectivity index (χ3n) is 3.56. The van der Waals surface area contributed by atoms with E-state index in [0.717, 1.165) is 0 Å². The number of hydrogen-bond acceptors (Lipinski definition) is 2. The fraction of sp³-hybridized carbons (Fsp3) is 0.263. The fourth-order valence-corrected chi connectivity index (χ4v) is 2.27. The van der Waals surface area contributed by atoms with Gasteiger partial charge in [0.25, 0.3) is 0 Å². The largest absolute Gasteiger partial charge is 0.294 e. The lowest BCUT2D eigenvalue weighted by molar-refractivity contribution is 0.0990. The third kappa shape index (κ3) is 3.27. The van der Waals surface area contributed by atoms with Crippen LogP contribution in [0, 0.1) is 0 Å². The molecule has 0 fully saturated rings. The topological polar surface area (TPSA) is 34.1 Å². The molecule has 2 heteroatoms. The molecule has 0 radical (unpaired) electrons. The molecule has 108 valence electrons. The summed E-state index contributed by atoms with van der Waals surface area (Å²) in [6.07, 6.45) is 0. The van der Waals surface area contributed by atoms with Gasteiger partial charge in [-0.2, -0.15) is 0 Å². The second kappa shape index (κ2) is 5.65. The maximum absolute atomic E-state index is 12.6. The van der Waals surface area contributed by atoms with Crippen LogP contribution in [0.2, 0.25) is 0 Å². The molecule has 2 aromatic carbocycles. The van der Waals surface area contributed by atoms with E-state index in [1.54, 1.807) is 24.3 Å². The van der Waals surface area contributed by atoms with Crippen LogP contribution in [0.25, 0.3) is 0 Å². The van der Waals surface area contributed by atoms with Crippen molar-refractivity contribution in [2.24, 2.45) is 0 Å². The highest BCUT2D eigenvalue weighted by molar-refractivity contribution is 6.15. The van der Waals surface area contributed by atoms with Gasteiger partial charge in [-0.25, -0.2) is 0 Å². The van der Waals surface area contributed by atoms with Crippen molar-refractivity contribution in [3.8, 4) is 0 Å². The zero-order valence-electron chi connectivity index (χ0n) is 12.9. The van der Waals surface area contributed by atoms with Gasteiger partial charge in [0.15, 0.2) is 11.6 Å². The van der Waals surface area contributed by atoms with Crippen LogP contribution in [-0.4, -0.2) is 11.6 Å². The van der Waals surface area contributed by atoms with E-state index in [2.05, 4.69) is 20.8 Å². The Bertz CT molecular complexity index is 673. The standard InChI is InChI=1S/C19H20O2/c1-13(20)16-7-5-6-8-17(16)18(21)14-9-11-15(12-10-14)19(2,3)4/h5-12H,1-4H3. The van der Waals surface area contributed by atoms with Crippen molar-refractivity contribution in [1.29, 1.82) is 0 Å². The van der Waals surface area contributed by atoms with Crippen molar-refractivity contribution in [1.82, 2.24) is 0 Å². The zero-order valence-corrected chi connectivity index (χ0v) is 12.9. The number of carbonyl (C=O) groups excluding carboxylic acids is 2. The second-order valence-electron chi connectivity index (χ2n) is 6.26. The van der Waals surface area contributed by atoms with Crippen LogP contribution in [0.1, 0.15) is 59.5 Å². The van der Waals surface area contributed by atoms with E-state index < -0.39 is 0 Å². The highest BCUT2D eigenvalue weighted by atomic mass is 16.1. The minimum absolute atomic E-state index is 0.0544. The molecular weight excluding hydrogens is 260 g/mol. The molecule has 0 unspecified atom stereocenters. The first-order valence-corrected chi connectivity index (χ1v) is 7.06. The summed E-state index contributed by atoms with van der Waals surface area (Å²) in [5.74, 6) is -0.202. The van der Waals surface area contributed by atoms with Gasteiger partial charge in [-0.15, -0.1) is 0 Å². The second-order valence-corrected chi connectivity index (χ2v) is 6.26. The van der Waals surface area contributed by atoms with Crippen LogP contribution in [0.15, 0.2) is 48.5 Å². The van der Waals surface area contributed by atoms with Gasteiger partial charge in [-0.3, -0.25) is 9.59 Å². The molecule has 0 aliphatic rings. The van der Waals surface area contributed by atoms with Crippen LogP contribution in [-0.2, 0) is 5.41 Å². The van der Waals surface area contributed by atoms with Crippen molar-refractivity contribution in [2.75, 3.05) is 0 Å². The van der Waals surface area contributed by atoms with Crippen molar-refractivity contribution >= 4 is 11.6 Å². The van der Waals surface area contributed by atoms with Crippen molar-refractivity contribution < 1.29 is 9.59 Å². The molecule has 0 saturated carbocycles. The minimum Gasteiger partial charge on any atom is -0.294 e. The maximum Gasteiger partial charge on any atom is 0.193 e. The van der Waals surface area contributed by atoms with Gasteiger partial charge < -0.3 is 0 Å². The van der Waals surface area contributed by atoms with Crippen molar-refractivity contribution in [2.45, 2.75) is 33.1 Å². The molecule has 2 aromatic rings. The van der Waals surface area contributed by atoms with Crippen molar-refractivity contribution in [3.05, 3.63) is 70.8 Å². The average molecular weight is 280 g/mol. The van der Waals surface area contributed by atoms with Crippen LogP contribution in [0.3, 0.4) is 0 Å². The van der Waals surface area contributed by atoms with E-state index >= 15 is 0 Å². The average Bonchev–Trinajstić information content (AvgIpc) is 2.45. The summed E-state index contributed by atoms with van der Waals surface area (Å²) in [5, 5.41) is 0. The van der Waals surface area contributed by atoms with Crippen LogP contribution >= 0.6 is 0 Å². The fourth-order valence-electron chi connectivity index (χ4n) is 2.27. The lowest BCUT2D eigenvalue weighted by Crippen LogP contribution is -2.12. The summed E-state index contributed by atoms with van der Waals surface area (Å²) in [4.78, 5) is 24.2. The van der Waals surface area contributed by atoms with Gasteiger partial charge in [0.1, 0.15) is 0 Å². The number of carbonyl (C=O) groups is 2. The molecule has 0 atom stereocenters. The first-order chi connectivity index (χ1) is 9.80. The Balaban J connectivity index is 2.40. The lowest BCUT2D eigenvalue weighted by Gasteiger charge is -2.19. The predicted molar refractivity (Wildman–Crippen MR) is 85.0 cm³/mol. The maximum atomic E-state index is 12.6.